The predicted molar refractivity (Wildman–Crippen MR) is 146 cm³/mol. The Kier molecular flexibility index (Phi) is 8.01. The van der Waals surface area contributed by atoms with Crippen molar-refractivity contribution in [2.45, 2.75) is 46.7 Å². The molecule has 0 radical (unpaired) electrons. The van der Waals surface area contributed by atoms with Crippen LogP contribution in [0.3, 0.4) is 0 Å². The standard InChI is InChI=1S/C30H34N2O5/c1-6-35-27-16-24-26(17-28(27)36-7-2)32(30(34)37-8-3)20(5)25(29(24)33)18-31-19(4)22-15-11-13-21-12-9-10-14-23(21)22/h9-20,31H,6-8H2,1-5H3/b25-18+. The minimum absolute atomic E-state index is 0.0737. The van der Waals surface area contributed by atoms with E-state index in [1.54, 1.807) is 25.3 Å². The molecule has 37 heavy (non-hydrogen) atoms. The van der Waals surface area contributed by atoms with Crippen molar-refractivity contribution >= 4 is 28.3 Å². The van der Waals surface area contributed by atoms with Gasteiger partial charge in [-0.05, 0) is 57.0 Å². The highest BCUT2D eigenvalue weighted by atomic mass is 16.6. The molecular weight excluding hydrogens is 468 g/mol. The van der Waals surface area contributed by atoms with Gasteiger partial charge in [-0.3, -0.25) is 9.69 Å². The fourth-order valence-electron chi connectivity index (χ4n) is 4.73. The molecule has 1 amide bonds. The maximum Gasteiger partial charge on any atom is 0.414 e. The first kappa shape index (κ1) is 26.1. The maximum atomic E-state index is 13.8. The molecular formula is C30H34N2O5. The monoisotopic (exact) mass is 502 g/mol. The molecule has 2 atom stereocenters. The third-order valence-corrected chi connectivity index (χ3v) is 6.51. The van der Waals surface area contributed by atoms with Crippen molar-refractivity contribution < 1.29 is 23.8 Å². The highest BCUT2D eigenvalue weighted by Crippen LogP contribution is 2.41. The molecule has 7 heteroatoms. The second-order valence-electron chi connectivity index (χ2n) is 8.81. The van der Waals surface area contributed by atoms with Gasteiger partial charge in [-0.15, -0.1) is 0 Å². The minimum atomic E-state index is -0.557. The van der Waals surface area contributed by atoms with Gasteiger partial charge in [-0.25, -0.2) is 4.79 Å². The molecule has 1 aliphatic heterocycles. The van der Waals surface area contributed by atoms with Crippen LogP contribution in [0.1, 0.15) is 56.6 Å². The second kappa shape index (κ2) is 11.4. The molecule has 0 saturated carbocycles. The predicted octanol–water partition coefficient (Wildman–Crippen LogP) is 6.42. The summed E-state index contributed by atoms with van der Waals surface area (Å²) in [6.07, 6.45) is 1.20. The molecule has 3 aromatic carbocycles. The zero-order chi connectivity index (χ0) is 26.5. The molecule has 2 unspecified atom stereocenters. The van der Waals surface area contributed by atoms with E-state index in [0.29, 0.717) is 41.5 Å². The lowest BCUT2D eigenvalue weighted by Crippen LogP contribution is -2.46. The van der Waals surface area contributed by atoms with Gasteiger partial charge in [0.05, 0.1) is 37.1 Å². The van der Waals surface area contributed by atoms with Crippen molar-refractivity contribution in [3.05, 3.63) is 77.5 Å². The Hall–Kier alpha value is -4.00. The zero-order valence-electron chi connectivity index (χ0n) is 22.0. The van der Waals surface area contributed by atoms with Crippen LogP contribution < -0.4 is 19.7 Å². The van der Waals surface area contributed by atoms with Gasteiger partial charge >= 0.3 is 6.09 Å². The number of ether oxygens (including phenoxy) is 3. The van der Waals surface area contributed by atoms with Crippen LogP contribution in [0.15, 0.2) is 66.4 Å². The average Bonchev–Trinajstić information content (AvgIpc) is 2.89. The van der Waals surface area contributed by atoms with E-state index in [4.69, 9.17) is 14.2 Å². The molecule has 4 rings (SSSR count). The Morgan fingerprint density at radius 1 is 1.00 bits per heavy atom. The lowest BCUT2D eigenvalue weighted by Gasteiger charge is -2.36. The van der Waals surface area contributed by atoms with Gasteiger partial charge in [0.2, 0.25) is 0 Å². The van der Waals surface area contributed by atoms with Gasteiger partial charge in [0.15, 0.2) is 17.3 Å². The van der Waals surface area contributed by atoms with Crippen LogP contribution in [0.2, 0.25) is 0 Å². The Bertz CT molecular complexity index is 1330. The minimum Gasteiger partial charge on any atom is -0.490 e. The van der Waals surface area contributed by atoms with Crippen LogP contribution in [0.5, 0.6) is 11.5 Å². The molecule has 0 aliphatic carbocycles. The van der Waals surface area contributed by atoms with Gasteiger partial charge in [-0.2, -0.15) is 0 Å². The van der Waals surface area contributed by atoms with Crippen molar-refractivity contribution in [2.75, 3.05) is 24.7 Å². The molecule has 1 heterocycles. The summed E-state index contributed by atoms with van der Waals surface area (Å²) < 4.78 is 16.9. The summed E-state index contributed by atoms with van der Waals surface area (Å²) in [5, 5.41) is 5.70. The van der Waals surface area contributed by atoms with Gasteiger partial charge in [0, 0.05) is 23.9 Å². The number of anilines is 1. The molecule has 0 spiro atoms. The topological polar surface area (TPSA) is 77.1 Å². The van der Waals surface area contributed by atoms with E-state index in [2.05, 4.69) is 36.5 Å². The maximum absolute atomic E-state index is 13.8. The molecule has 1 aliphatic rings. The fourth-order valence-corrected chi connectivity index (χ4v) is 4.73. The first-order valence-electron chi connectivity index (χ1n) is 12.8. The number of fused-ring (bicyclic) bond motifs is 2. The summed E-state index contributed by atoms with van der Waals surface area (Å²) in [6, 6.07) is 17.1. The number of rotatable bonds is 8. The highest BCUT2D eigenvalue weighted by molar-refractivity contribution is 6.18. The van der Waals surface area contributed by atoms with Crippen molar-refractivity contribution in [2.24, 2.45) is 0 Å². The van der Waals surface area contributed by atoms with E-state index in [1.807, 2.05) is 39.0 Å². The Morgan fingerprint density at radius 3 is 2.38 bits per heavy atom. The van der Waals surface area contributed by atoms with Crippen LogP contribution in [0, 0.1) is 0 Å². The Labute approximate surface area is 218 Å². The van der Waals surface area contributed by atoms with Crippen LogP contribution in [0.4, 0.5) is 10.5 Å². The molecule has 0 bridgehead atoms. The molecule has 0 saturated heterocycles. The van der Waals surface area contributed by atoms with E-state index in [1.165, 1.54) is 4.90 Å². The molecule has 0 aromatic heterocycles. The Balaban J connectivity index is 1.75. The second-order valence-corrected chi connectivity index (χ2v) is 8.81. The molecule has 1 N–H and O–H groups in total. The van der Waals surface area contributed by atoms with Crippen LogP contribution >= 0.6 is 0 Å². The first-order valence-corrected chi connectivity index (χ1v) is 12.8. The lowest BCUT2D eigenvalue weighted by molar-refractivity contribution is 0.102. The lowest BCUT2D eigenvalue weighted by atomic mass is 9.90. The molecule has 3 aromatic rings. The average molecular weight is 503 g/mol. The number of carbonyl (C=O) groups excluding carboxylic acids is 2. The van der Waals surface area contributed by atoms with Gasteiger partial charge in [0.25, 0.3) is 0 Å². The van der Waals surface area contributed by atoms with Crippen LogP contribution in [0.25, 0.3) is 10.8 Å². The van der Waals surface area contributed by atoms with Gasteiger partial charge in [-0.1, -0.05) is 42.5 Å². The molecule has 194 valence electrons. The summed E-state index contributed by atoms with van der Waals surface area (Å²) in [7, 11) is 0. The van der Waals surface area contributed by atoms with E-state index < -0.39 is 12.1 Å². The van der Waals surface area contributed by atoms with E-state index in [0.717, 1.165) is 16.3 Å². The van der Waals surface area contributed by atoms with E-state index in [9.17, 15) is 9.59 Å². The number of hydrogen-bond donors (Lipinski definition) is 1. The Morgan fingerprint density at radius 2 is 1.68 bits per heavy atom. The number of Topliss-reactive ketones (excluding diaryl/α,β-unsaturated/α-hetero) is 1. The summed E-state index contributed by atoms with van der Waals surface area (Å²) in [6.45, 7) is 10.4. The first-order chi connectivity index (χ1) is 17.9. The number of ketones is 1. The van der Waals surface area contributed by atoms with E-state index >= 15 is 0 Å². The fraction of sp³-hybridized carbons (Fsp3) is 0.333. The summed E-state index contributed by atoms with van der Waals surface area (Å²) in [5.41, 5.74) is 2.39. The summed E-state index contributed by atoms with van der Waals surface area (Å²) >= 11 is 0. The van der Waals surface area contributed by atoms with Crippen LogP contribution in [-0.2, 0) is 4.74 Å². The zero-order valence-corrected chi connectivity index (χ0v) is 22.0. The third-order valence-electron chi connectivity index (χ3n) is 6.51. The number of carbonyl (C=O) groups is 2. The number of nitrogens with one attached hydrogen (secondary N) is 1. The van der Waals surface area contributed by atoms with Crippen molar-refractivity contribution in [3.8, 4) is 11.5 Å². The molecule has 7 nitrogen and oxygen atoms in total. The summed E-state index contributed by atoms with van der Waals surface area (Å²) in [4.78, 5) is 28.3. The van der Waals surface area contributed by atoms with Crippen LogP contribution in [-0.4, -0.2) is 37.7 Å². The third kappa shape index (κ3) is 5.12. The number of amides is 1. The summed E-state index contributed by atoms with van der Waals surface area (Å²) in [5.74, 6) is 0.767. The number of hydrogen-bond acceptors (Lipinski definition) is 6. The van der Waals surface area contributed by atoms with Gasteiger partial charge < -0.3 is 19.5 Å². The quantitative estimate of drug-likeness (QED) is 0.358. The number of benzene rings is 3. The van der Waals surface area contributed by atoms with Crippen molar-refractivity contribution in [1.82, 2.24) is 5.32 Å². The smallest absolute Gasteiger partial charge is 0.414 e. The molecule has 0 fully saturated rings. The largest absolute Gasteiger partial charge is 0.490 e. The highest BCUT2D eigenvalue weighted by Gasteiger charge is 2.39. The number of nitrogens with zero attached hydrogens (tertiary/aromatic N) is 1. The SMILES string of the molecule is CCOC(=O)N1c2cc(OCC)c(OCC)cc2C(=O)/C(=C/NC(C)c2cccc3ccccc23)C1C. The van der Waals surface area contributed by atoms with Gasteiger partial charge in [0.1, 0.15) is 0 Å². The normalized spacial score (nSPS) is 16.9. The van der Waals surface area contributed by atoms with E-state index in [-0.39, 0.29) is 18.4 Å². The van der Waals surface area contributed by atoms with Crippen molar-refractivity contribution in [1.29, 1.82) is 0 Å². The van der Waals surface area contributed by atoms with Crippen molar-refractivity contribution in [3.63, 3.8) is 0 Å².